The molecular weight excluding hydrogens is 414 g/mol. The van der Waals surface area contributed by atoms with E-state index in [0.717, 1.165) is 16.8 Å². The van der Waals surface area contributed by atoms with Crippen molar-refractivity contribution < 1.29 is 23.7 Å². The van der Waals surface area contributed by atoms with Crippen molar-refractivity contribution in [2.45, 2.75) is 25.6 Å². The number of hydrogen-bond acceptors (Lipinski definition) is 6. The van der Waals surface area contributed by atoms with Crippen LogP contribution in [0.3, 0.4) is 0 Å². The smallest absolute Gasteiger partial charge is 0.308 e. The predicted octanol–water partition coefficient (Wildman–Crippen LogP) is 4.54. The van der Waals surface area contributed by atoms with E-state index in [4.69, 9.17) is 42.8 Å². The fourth-order valence-corrected chi connectivity index (χ4v) is 3.68. The number of anilines is 1. The average Bonchev–Trinajstić information content (AvgIpc) is 2.84. The van der Waals surface area contributed by atoms with Gasteiger partial charge in [-0.2, -0.15) is 0 Å². The van der Waals surface area contributed by atoms with Crippen LogP contribution < -0.4 is 14.8 Å². The van der Waals surface area contributed by atoms with E-state index in [0.29, 0.717) is 21.5 Å². The van der Waals surface area contributed by atoms with E-state index < -0.39 is 12.2 Å². The maximum absolute atomic E-state index is 12.1. The number of rotatable bonds is 6. The van der Waals surface area contributed by atoms with Crippen LogP contribution >= 0.6 is 23.8 Å². The summed E-state index contributed by atoms with van der Waals surface area (Å²) < 4.78 is 22.5. The summed E-state index contributed by atoms with van der Waals surface area (Å²) in [5.41, 5.74) is 2.26. The van der Waals surface area contributed by atoms with E-state index in [1.807, 2.05) is 24.3 Å². The van der Waals surface area contributed by atoms with Gasteiger partial charge in [0.25, 0.3) is 0 Å². The van der Waals surface area contributed by atoms with Gasteiger partial charge in [-0.1, -0.05) is 36.0 Å². The Morgan fingerprint density at radius 2 is 2.00 bits per heavy atom. The number of esters is 1. The minimum absolute atomic E-state index is 0.00974. The molecule has 0 aromatic heterocycles. The molecule has 1 aliphatic rings. The van der Waals surface area contributed by atoms with E-state index in [9.17, 15) is 4.79 Å². The van der Waals surface area contributed by atoms with Gasteiger partial charge in [-0.25, -0.2) is 0 Å². The third-order valence-electron chi connectivity index (χ3n) is 4.52. The van der Waals surface area contributed by atoms with E-state index in [2.05, 4.69) is 5.32 Å². The lowest BCUT2D eigenvalue weighted by Crippen LogP contribution is -2.31. The summed E-state index contributed by atoms with van der Waals surface area (Å²) >= 11 is 11.8. The molecule has 0 saturated carbocycles. The van der Waals surface area contributed by atoms with Gasteiger partial charge in [-0.3, -0.25) is 4.79 Å². The number of ether oxygens (including phenoxy) is 4. The first-order valence-corrected chi connectivity index (χ1v) is 9.89. The minimum atomic E-state index is -0.684. The van der Waals surface area contributed by atoms with Crippen molar-refractivity contribution in [1.82, 2.24) is 0 Å². The summed E-state index contributed by atoms with van der Waals surface area (Å²) in [6.07, 6.45) is -1.29. The first kappa shape index (κ1) is 21.4. The highest BCUT2D eigenvalue weighted by atomic mass is 35.5. The quantitative estimate of drug-likeness (QED) is 0.527. The highest BCUT2D eigenvalue weighted by Crippen LogP contribution is 2.43. The summed E-state index contributed by atoms with van der Waals surface area (Å²) in [5, 5.41) is 3.73. The molecule has 1 aliphatic heterocycles. The first-order chi connectivity index (χ1) is 14.0. The molecule has 8 heteroatoms. The Balaban J connectivity index is 2.10. The van der Waals surface area contributed by atoms with Gasteiger partial charge in [0.1, 0.15) is 17.2 Å². The molecule has 0 amide bonds. The van der Waals surface area contributed by atoms with Crippen molar-refractivity contribution >= 4 is 40.5 Å². The van der Waals surface area contributed by atoms with Crippen LogP contribution in [0.2, 0.25) is 5.02 Å². The van der Waals surface area contributed by atoms with Crippen LogP contribution in [-0.4, -0.2) is 37.9 Å². The Kier molecular flexibility index (Phi) is 6.95. The highest BCUT2D eigenvalue weighted by Gasteiger charge is 2.33. The maximum Gasteiger partial charge on any atom is 0.308 e. The summed E-state index contributed by atoms with van der Waals surface area (Å²) in [6, 6.07) is 10.9. The summed E-state index contributed by atoms with van der Waals surface area (Å²) in [4.78, 5) is 12.5. The molecule has 2 atom stereocenters. The van der Waals surface area contributed by atoms with Gasteiger partial charge in [0.15, 0.2) is 11.5 Å². The second-order valence-electron chi connectivity index (χ2n) is 6.32. The average molecular weight is 436 g/mol. The van der Waals surface area contributed by atoms with Crippen LogP contribution in [0.5, 0.6) is 11.5 Å². The second-order valence-corrected chi connectivity index (χ2v) is 7.19. The van der Waals surface area contributed by atoms with Crippen LogP contribution in [0.25, 0.3) is 0 Å². The zero-order valence-corrected chi connectivity index (χ0v) is 17.9. The molecule has 2 aromatic rings. The Hall–Kier alpha value is -2.35. The zero-order chi connectivity index (χ0) is 21.0. The van der Waals surface area contributed by atoms with Crippen molar-refractivity contribution in [3.05, 3.63) is 52.5 Å². The molecule has 1 N–H and O–H groups in total. The first-order valence-electron chi connectivity index (χ1n) is 9.10. The van der Waals surface area contributed by atoms with Gasteiger partial charge < -0.3 is 24.3 Å². The van der Waals surface area contributed by atoms with Gasteiger partial charge in [-0.15, -0.1) is 0 Å². The molecule has 6 nitrogen and oxygen atoms in total. The van der Waals surface area contributed by atoms with Crippen LogP contribution in [-0.2, 0) is 14.3 Å². The van der Waals surface area contributed by atoms with Crippen LogP contribution in [0, 0.1) is 0 Å². The van der Waals surface area contributed by atoms with E-state index >= 15 is 0 Å². The van der Waals surface area contributed by atoms with Gasteiger partial charge >= 0.3 is 5.97 Å². The van der Waals surface area contributed by atoms with Crippen LogP contribution in [0.4, 0.5) is 5.69 Å². The Morgan fingerprint density at radius 3 is 2.69 bits per heavy atom. The minimum Gasteiger partial charge on any atom is -0.493 e. The number of thiocarbonyl (C=S) groups is 1. The van der Waals surface area contributed by atoms with Gasteiger partial charge in [0.05, 0.1) is 27.2 Å². The lowest BCUT2D eigenvalue weighted by atomic mass is 9.98. The Bertz CT molecular complexity index is 920. The molecule has 0 saturated heterocycles. The molecular formula is C21H22ClNO5S. The fourth-order valence-electron chi connectivity index (χ4n) is 3.25. The molecule has 0 unspecified atom stereocenters. The lowest BCUT2D eigenvalue weighted by Gasteiger charge is -2.24. The number of methoxy groups -OCH3 is 2. The number of halogens is 1. The number of carbonyl (C=O) groups excluding carboxylic acids is 1. The summed E-state index contributed by atoms with van der Waals surface area (Å²) in [6.45, 7) is 2.04. The van der Waals surface area contributed by atoms with Gasteiger partial charge in [0, 0.05) is 21.8 Å². The lowest BCUT2D eigenvalue weighted by molar-refractivity contribution is -0.145. The number of hydrogen-bond donors (Lipinski definition) is 1. The molecule has 154 valence electrons. The second kappa shape index (κ2) is 9.43. The summed E-state index contributed by atoms with van der Waals surface area (Å²) in [5.74, 6) is 0.717. The Labute approximate surface area is 180 Å². The summed E-state index contributed by atoms with van der Waals surface area (Å²) in [7, 11) is 3.14. The molecule has 0 bridgehead atoms. The van der Waals surface area contributed by atoms with Gasteiger partial charge in [0.2, 0.25) is 0 Å². The molecule has 2 aromatic carbocycles. The maximum atomic E-state index is 12.1. The zero-order valence-electron chi connectivity index (χ0n) is 16.4. The molecule has 0 radical (unpaired) electrons. The fraction of sp³-hybridized carbons (Fsp3) is 0.333. The number of carbonyl (C=O) groups is 1. The predicted molar refractivity (Wildman–Crippen MR) is 115 cm³/mol. The standard InChI is InChI=1S/C21H22ClNO5S/c1-4-27-18(24)11-17-21(29)23-15-9-8-12(22)10-14(15)19(28-17)13-6-5-7-16(25-2)20(13)26-3/h5-10,17,19H,4,11H2,1-3H3,(H,23,29)/t17-,19-/m0/s1. The van der Waals surface area contributed by atoms with E-state index in [-0.39, 0.29) is 19.0 Å². The SMILES string of the molecule is CCOC(=O)C[C@@H]1O[C@@H](c2cccc(OC)c2OC)c2cc(Cl)ccc2NC1=S. The number of para-hydroxylation sites is 1. The monoisotopic (exact) mass is 435 g/mol. The molecule has 0 spiro atoms. The van der Waals surface area contributed by atoms with Gasteiger partial charge in [-0.05, 0) is 31.2 Å². The molecule has 1 heterocycles. The van der Waals surface area contributed by atoms with Crippen molar-refractivity contribution in [2.24, 2.45) is 0 Å². The molecule has 0 fully saturated rings. The van der Waals surface area contributed by atoms with Crippen LogP contribution in [0.15, 0.2) is 36.4 Å². The van der Waals surface area contributed by atoms with E-state index in [1.165, 1.54) is 0 Å². The molecule has 0 aliphatic carbocycles. The van der Waals surface area contributed by atoms with Crippen molar-refractivity contribution in [2.75, 3.05) is 26.1 Å². The van der Waals surface area contributed by atoms with Crippen molar-refractivity contribution in [3.8, 4) is 11.5 Å². The number of nitrogens with one attached hydrogen (secondary N) is 1. The largest absolute Gasteiger partial charge is 0.493 e. The van der Waals surface area contributed by atoms with Crippen molar-refractivity contribution in [1.29, 1.82) is 0 Å². The third-order valence-corrected chi connectivity index (χ3v) is 5.12. The molecule has 29 heavy (non-hydrogen) atoms. The number of fused-ring (bicyclic) bond motifs is 1. The van der Waals surface area contributed by atoms with Crippen LogP contribution in [0.1, 0.15) is 30.6 Å². The highest BCUT2D eigenvalue weighted by molar-refractivity contribution is 7.80. The van der Waals surface area contributed by atoms with E-state index in [1.54, 1.807) is 33.3 Å². The third kappa shape index (κ3) is 4.63. The Morgan fingerprint density at radius 1 is 1.21 bits per heavy atom. The van der Waals surface area contributed by atoms with Crippen molar-refractivity contribution in [3.63, 3.8) is 0 Å². The topological polar surface area (TPSA) is 66.0 Å². The molecule has 3 rings (SSSR count). The normalized spacial score (nSPS) is 18.3. The number of benzene rings is 2.